The molecule has 0 aromatic heterocycles. The summed E-state index contributed by atoms with van der Waals surface area (Å²) in [7, 11) is 0. The number of halogens is 3. The van der Waals surface area contributed by atoms with Gasteiger partial charge in [-0.25, -0.2) is 0 Å². The highest BCUT2D eigenvalue weighted by atomic mass is 35.5. The largest absolute Gasteiger partial charge is 0.434 e. The van der Waals surface area contributed by atoms with E-state index in [1.54, 1.807) is 12.1 Å². The van der Waals surface area contributed by atoms with Gasteiger partial charge in [0, 0.05) is 5.56 Å². The molecule has 0 spiro atoms. The summed E-state index contributed by atoms with van der Waals surface area (Å²) in [5, 5.41) is 1.81. The fraction of sp³-hybridized carbons (Fsp3) is 0.167. The number of fused-ring (bicyclic) bond motifs is 1. The molecule has 0 heterocycles. The van der Waals surface area contributed by atoms with Crippen molar-refractivity contribution in [2.24, 2.45) is 0 Å². The van der Waals surface area contributed by atoms with E-state index in [0.717, 1.165) is 10.8 Å². The van der Waals surface area contributed by atoms with Crippen LogP contribution in [0.2, 0.25) is 0 Å². The average Bonchev–Trinajstić information content (AvgIpc) is 2.27. The average molecular weight is 243 g/mol. The molecule has 4 heteroatoms. The van der Waals surface area contributed by atoms with Crippen LogP contribution < -0.4 is 4.74 Å². The molecule has 0 atom stereocenters. The number of ether oxygens (including phenoxy) is 1. The second-order valence-corrected chi connectivity index (χ2v) is 3.59. The topological polar surface area (TPSA) is 9.23 Å². The van der Waals surface area contributed by atoms with Gasteiger partial charge in [0.05, 0.1) is 5.88 Å². The lowest BCUT2D eigenvalue weighted by Gasteiger charge is -2.10. The smallest absolute Gasteiger partial charge is 0.387 e. The molecule has 1 nitrogen and oxygen atoms in total. The van der Waals surface area contributed by atoms with Crippen molar-refractivity contribution in [3.63, 3.8) is 0 Å². The van der Waals surface area contributed by atoms with Gasteiger partial charge >= 0.3 is 6.61 Å². The zero-order valence-electron chi connectivity index (χ0n) is 8.29. The van der Waals surface area contributed by atoms with Gasteiger partial charge in [-0.15, -0.1) is 11.6 Å². The normalized spacial score (nSPS) is 11.0. The number of alkyl halides is 3. The lowest BCUT2D eigenvalue weighted by atomic mass is 10.1. The van der Waals surface area contributed by atoms with Crippen molar-refractivity contribution in [3.05, 3.63) is 42.0 Å². The highest BCUT2D eigenvalue weighted by Gasteiger charge is 2.10. The minimum atomic E-state index is -2.83. The minimum Gasteiger partial charge on any atom is -0.434 e. The Morgan fingerprint density at radius 1 is 1.12 bits per heavy atom. The van der Waals surface area contributed by atoms with E-state index in [1.807, 2.05) is 24.3 Å². The van der Waals surface area contributed by atoms with E-state index in [0.29, 0.717) is 5.56 Å². The molecule has 0 aliphatic rings. The molecule has 0 bridgehead atoms. The molecule has 0 radical (unpaired) electrons. The molecule has 0 unspecified atom stereocenters. The molecular weight excluding hydrogens is 234 g/mol. The van der Waals surface area contributed by atoms with Crippen LogP contribution in [0.15, 0.2) is 36.4 Å². The van der Waals surface area contributed by atoms with Crippen molar-refractivity contribution >= 4 is 22.4 Å². The van der Waals surface area contributed by atoms with Gasteiger partial charge in [0.25, 0.3) is 0 Å². The molecule has 0 N–H and O–H groups in total. The number of rotatable bonds is 3. The molecule has 0 saturated carbocycles. The zero-order chi connectivity index (χ0) is 11.5. The fourth-order valence-electron chi connectivity index (χ4n) is 1.58. The highest BCUT2D eigenvalue weighted by Crippen LogP contribution is 2.28. The van der Waals surface area contributed by atoms with Gasteiger partial charge < -0.3 is 4.74 Å². The Bertz CT molecular complexity index is 499. The Balaban J connectivity index is 2.53. The third-order valence-electron chi connectivity index (χ3n) is 2.29. The second-order valence-electron chi connectivity index (χ2n) is 3.32. The van der Waals surface area contributed by atoms with Crippen molar-refractivity contribution in [2.45, 2.75) is 12.5 Å². The summed E-state index contributed by atoms with van der Waals surface area (Å²) >= 11 is 5.69. The monoisotopic (exact) mass is 242 g/mol. The summed E-state index contributed by atoms with van der Waals surface area (Å²) in [6.45, 7) is -2.83. The molecule has 0 aliphatic carbocycles. The Hall–Kier alpha value is -1.35. The molecule has 0 aliphatic heterocycles. The number of benzene rings is 2. The lowest BCUT2D eigenvalue weighted by molar-refractivity contribution is -0.0502. The number of hydrogen-bond donors (Lipinski definition) is 0. The lowest BCUT2D eigenvalue weighted by Crippen LogP contribution is -2.03. The van der Waals surface area contributed by atoms with E-state index in [1.165, 1.54) is 0 Å². The van der Waals surface area contributed by atoms with Crippen LogP contribution in [0.5, 0.6) is 5.75 Å². The van der Waals surface area contributed by atoms with Crippen molar-refractivity contribution in [1.82, 2.24) is 0 Å². The fourth-order valence-corrected chi connectivity index (χ4v) is 1.79. The Morgan fingerprint density at radius 3 is 2.31 bits per heavy atom. The summed E-state index contributed by atoms with van der Waals surface area (Å²) in [5.41, 5.74) is 0.570. The third-order valence-corrected chi connectivity index (χ3v) is 2.58. The van der Waals surface area contributed by atoms with Crippen molar-refractivity contribution < 1.29 is 13.5 Å². The van der Waals surface area contributed by atoms with E-state index in [2.05, 4.69) is 4.74 Å². The molecule has 0 fully saturated rings. The van der Waals surface area contributed by atoms with Gasteiger partial charge in [0.2, 0.25) is 0 Å². The molecule has 0 amide bonds. The van der Waals surface area contributed by atoms with Gasteiger partial charge in [0.1, 0.15) is 5.75 Å². The van der Waals surface area contributed by atoms with Crippen LogP contribution >= 0.6 is 11.6 Å². The summed E-state index contributed by atoms with van der Waals surface area (Å²) in [4.78, 5) is 0. The Labute approximate surface area is 96.6 Å². The van der Waals surface area contributed by atoms with Gasteiger partial charge in [-0.1, -0.05) is 24.3 Å². The van der Waals surface area contributed by atoms with Crippen molar-refractivity contribution in [3.8, 4) is 5.75 Å². The van der Waals surface area contributed by atoms with Crippen LogP contribution in [0, 0.1) is 0 Å². The quantitative estimate of drug-likeness (QED) is 0.734. The van der Waals surface area contributed by atoms with E-state index in [-0.39, 0.29) is 11.6 Å². The molecule has 0 saturated heterocycles. The maximum Gasteiger partial charge on any atom is 0.387 e. The van der Waals surface area contributed by atoms with Gasteiger partial charge in [-0.05, 0) is 22.9 Å². The van der Waals surface area contributed by atoms with E-state index in [9.17, 15) is 8.78 Å². The van der Waals surface area contributed by atoms with Gasteiger partial charge in [-0.2, -0.15) is 8.78 Å². The maximum atomic E-state index is 12.2. The van der Waals surface area contributed by atoms with Crippen molar-refractivity contribution in [1.29, 1.82) is 0 Å². The molecule has 84 valence electrons. The SMILES string of the molecule is FC(F)Oc1cc2ccccc2cc1CCl. The molecule has 2 aromatic carbocycles. The van der Waals surface area contributed by atoms with E-state index in [4.69, 9.17) is 11.6 Å². The molecule has 2 aromatic rings. The first-order valence-corrected chi connectivity index (χ1v) is 5.26. The van der Waals surface area contributed by atoms with E-state index >= 15 is 0 Å². The Kier molecular flexibility index (Phi) is 3.25. The predicted molar refractivity (Wildman–Crippen MR) is 60.1 cm³/mol. The van der Waals surface area contributed by atoms with Crippen LogP contribution in [-0.2, 0) is 5.88 Å². The maximum absolute atomic E-state index is 12.2. The molecular formula is C12H9ClF2O. The Morgan fingerprint density at radius 2 is 1.75 bits per heavy atom. The number of hydrogen-bond acceptors (Lipinski definition) is 1. The highest BCUT2D eigenvalue weighted by molar-refractivity contribution is 6.17. The van der Waals surface area contributed by atoms with Crippen LogP contribution in [0.3, 0.4) is 0 Å². The summed E-state index contributed by atoms with van der Waals surface area (Å²) in [6.07, 6.45) is 0. The standard InChI is InChI=1S/C12H9ClF2O/c13-7-10-5-8-3-1-2-4-9(8)6-11(10)16-12(14)15/h1-6,12H,7H2. The summed E-state index contributed by atoms with van der Waals surface area (Å²) in [6, 6.07) is 10.8. The second kappa shape index (κ2) is 4.66. The van der Waals surface area contributed by atoms with Crippen LogP contribution in [0.25, 0.3) is 10.8 Å². The van der Waals surface area contributed by atoms with Crippen LogP contribution in [0.1, 0.15) is 5.56 Å². The summed E-state index contributed by atoms with van der Waals surface area (Å²) in [5.74, 6) is 0.288. The van der Waals surface area contributed by atoms with Crippen LogP contribution in [-0.4, -0.2) is 6.61 Å². The first-order valence-electron chi connectivity index (χ1n) is 4.73. The zero-order valence-corrected chi connectivity index (χ0v) is 9.05. The van der Waals surface area contributed by atoms with Gasteiger partial charge in [-0.3, -0.25) is 0 Å². The van der Waals surface area contributed by atoms with Crippen LogP contribution in [0.4, 0.5) is 8.78 Å². The third kappa shape index (κ3) is 2.25. The predicted octanol–water partition coefficient (Wildman–Crippen LogP) is 4.18. The van der Waals surface area contributed by atoms with E-state index < -0.39 is 6.61 Å². The minimum absolute atomic E-state index is 0.142. The summed E-state index contributed by atoms with van der Waals surface area (Å²) < 4.78 is 28.8. The first kappa shape index (κ1) is 11.1. The van der Waals surface area contributed by atoms with Crippen molar-refractivity contribution in [2.75, 3.05) is 0 Å². The molecule has 16 heavy (non-hydrogen) atoms. The molecule has 2 rings (SSSR count). The van der Waals surface area contributed by atoms with Gasteiger partial charge in [0.15, 0.2) is 0 Å². The first-order chi connectivity index (χ1) is 7.70.